The summed E-state index contributed by atoms with van der Waals surface area (Å²) in [6.07, 6.45) is 16.8. The molecule has 1 fully saturated rings. The number of aromatic carboxylic acids is 1. The van der Waals surface area contributed by atoms with Gasteiger partial charge in [0.2, 0.25) is 0 Å². The van der Waals surface area contributed by atoms with Gasteiger partial charge in [-0.3, -0.25) is 0 Å². The number of hydrogen-bond donors (Lipinski definition) is 2. The van der Waals surface area contributed by atoms with Crippen LogP contribution in [0.15, 0.2) is 91.0 Å². The molecule has 42 heavy (non-hydrogen) atoms. The summed E-state index contributed by atoms with van der Waals surface area (Å²) in [5.74, 6) is 0.588. The molecule has 4 nitrogen and oxygen atoms in total. The SMILES string of the molecule is O=C(O)c1[nH]c2c(/C=C/c3ccccc3/C=C/C3CCCCC3)cccc2c1CCCOc1cccc2ccccc12. The summed E-state index contributed by atoms with van der Waals surface area (Å²) in [5.41, 5.74) is 5.26. The first-order valence-corrected chi connectivity index (χ1v) is 15.1. The maximum atomic E-state index is 12.2. The first kappa shape index (κ1) is 27.6. The Balaban J connectivity index is 1.20. The fourth-order valence-electron chi connectivity index (χ4n) is 6.19. The number of aryl methyl sites for hydroxylation is 1. The molecule has 4 heteroatoms. The van der Waals surface area contributed by atoms with Crippen LogP contribution in [-0.4, -0.2) is 22.7 Å². The van der Waals surface area contributed by atoms with Crippen LogP contribution in [-0.2, 0) is 6.42 Å². The summed E-state index contributed by atoms with van der Waals surface area (Å²) >= 11 is 0. The highest BCUT2D eigenvalue weighted by Gasteiger charge is 2.18. The number of carboxylic acid groups (broad SMARTS) is 1. The largest absolute Gasteiger partial charge is 0.493 e. The molecular weight excluding hydrogens is 518 g/mol. The van der Waals surface area contributed by atoms with E-state index < -0.39 is 5.97 Å². The van der Waals surface area contributed by atoms with E-state index in [-0.39, 0.29) is 5.69 Å². The van der Waals surface area contributed by atoms with Gasteiger partial charge >= 0.3 is 5.97 Å². The normalized spacial score (nSPS) is 14.4. The number of rotatable bonds is 10. The van der Waals surface area contributed by atoms with E-state index in [1.807, 2.05) is 42.5 Å². The summed E-state index contributed by atoms with van der Waals surface area (Å²) in [7, 11) is 0. The van der Waals surface area contributed by atoms with E-state index in [4.69, 9.17) is 4.74 Å². The molecule has 1 aliphatic rings. The third-order valence-corrected chi connectivity index (χ3v) is 8.40. The van der Waals surface area contributed by atoms with Crippen molar-refractivity contribution in [1.82, 2.24) is 4.98 Å². The van der Waals surface area contributed by atoms with Crippen molar-refractivity contribution in [2.75, 3.05) is 6.61 Å². The lowest BCUT2D eigenvalue weighted by molar-refractivity contribution is 0.0690. The van der Waals surface area contributed by atoms with Crippen molar-refractivity contribution in [3.63, 3.8) is 0 Å². The third-order valence-electron chi connectivity index (χ3n) is 8.40. The van der Waals surface area contributed by atoms with Gasteiger partial charge in [-0.1, -0.05) is 122 Å². The lowest BCUT2D eigenvalue weighted by atomic mass is 9.88. The van der Waals surface area contributed by atoms with Gasteiger partial charge in [-0.05, 0) is 65.3 Å². The topological polar surface area (TPSA) is 62.3 Å². The van der Waals surface area contributed by atoms with E-state index in [9.17, 15) is 9.90 Å². The van der Waals surface area contributed by atoms with E-state index in [1.54, 1.807) is 0 Å². The molecule has 0 aliphatic heterocycles. The van der Waals surface area contributed by atoms with Crippen LogP contribution in [0.5, 0.6) is 5.75 Å². The van der Waals surface area contributed by atoms with Crippen molar-refractivity contribution < 1.29 is 14.6 Å². The highest BCUT2D eigenvalue weighted by molar-refractivity contribution is 6.01. The smallest absolute Gasteiger partial charge is 0.352 e. The van der Waals surface area contributed by atoms with Crippen LogP contribution in [0, 0.1) is 5.92 Å². The molecule has 5 aromatic rings. The van der Waals surface area contributed by atoms with Crippen LogP contribution in [0.25, 0.3) is 39.9 Å². The monoisotopic (exact) mass is 555 g/mol. The number of fused-ring (bicyclic) bond motifs is 2. The molecule has 4 aromatic carbocycles. The van der Waals surface area contributed by atoms with Crippen LogP contribution in [0.2, 0.25) is 0 Å². The Morgan fingerprint density at radius 2 is 1.45 bits per heavy atom. The number of H-pyrrole nitrogens is 1. The summed E-state index contributed by atoms with van der Waals surface area (Å²) in [5, 5.41) is 13.2. The highest BCUT2D eigenvalue weighted by Crippen LogP contribution is 2.30. The fraction of sp³-hybridized carbons (Fsp3) is 0.237. The van der Waals surface area contributed by atoms with Gasteiger partial charge in [-0.15, -0.1) is 0 Å². The molecule has 0 atom stereocenters. The number of hydrogen-bond acceptors (Lipinski definition) is 2. The molecule has 212 valence electrons. The quantitative estimate of drug-likeness (QED) is 0.133. The zero-order valence-electron chi connectivity index (χ0n) is 23.9. The zero-order chi connectivity index (χ0) is 28.7. The van der Waals surface area contributed by atoms with E-state index in [0.29, 0.717) is 25.4 Å². The second-order valence-electron chi connectivity index (χ2n) is 11.2. The van der Waals surface area contributed by atoms with Crippen molar-refractivity contribution in [1.29, 1.82) is 0 Å². The minimum absolute atomic E-state index is 0.256. The summed E-state index contributed by atoms with van der Waals surface area (Å²) in [6.45, 7) is 0.504. The molecule has 0 unspecified atom stereocenters. The fourth-order valence-corrected chi connectivity index (χ4v) is 6.19. The molecule has 0 saturated heterocycles. The summed E-state index contributed by atoms with van der Waals surface area (Å²) in [4.78, 5) is 15.5. The number of carbonyl (C=O) groups is 1. The Morgan fingerprint density at radius 1 is 0.786 bits per heavy atom. The summed E-state index contributed by atoms with van der Waals surface area (Å²) in [6, 6.07) is 28.7. The van der Waals surface area contributed by atoms with Crippen molar-refractivity contribution in [2.24, 2.45) is 5.92 Å². The van der Waals surface area contributed by atoms with Crippen LogP contribution in [0.3, 0.4) is 0 Å². The highest BCUT2D eigenvalue weighted by atomic mass is 16.5. The number of aromatic nitrogens is 1. The van der Waals surface area contributed by atoms with Gasteiger partial charge in [0.15, 0.2) is 0 Å². The minimum Gasteiger partial charge on any atom is -0.493 e. The Bertz CT molecular complexity index is 1750. The number of benzene rings is 4. The van der Waals surface area contributed by atoms with Crippen molar-refractivity contribution in [2.45, 2.75) is 44.9 Å². The lowest BCUT2D eigenvalue weighted by Crippen LogP contribution is -2.04. The molecule has 0 amide bonds. The maximum Gasteiger partial charge on any atom is 0.352 e. The number of allylic oxidation sites excluding steroid dienone is 1. The Hall–Kier alpha value is -4.57. The van der Waals surface area contributed by atoms with Gasteiger partial charge in [0, 0.05) is 10.8 Å². The van der Waals surface area contributed by atoms with Crippen LogP contribution >= 0.6 is 0 Å². The van der Waals surface area contributed by atoms with Crippen LogP contribution in [0.4, 0.5) is 0 Å². The molecule has 1 saturated carbocycles. The van der Waals surface area contributed by atoms with Gasteiger partial charge in [0.05, 0.1) is 12.1 Å². The molecule has 1 aliphatic carbocycles. The van der Waals surface area contributed by atoms with Crippen molar-refractivity contribution in [3.05, 3.63) is 119 Å². The van der Waals surface area contributed by atoms with Crippen LogP contribution < -0.4 is 4.74 Å². The number of aromatic amines is 1. The minimum atomic E-state index is -0.940. The van der Waals surface area contributed by atoms with Gasteiger partial charge in [0.1, 0.15) is 11.4 Å². The molecular formula is C38H37NO3. The summed E-state index contributed by atoms with van der Waals surface area (Å²) < 4.78 is 6.14. The number of carboxylic acids is 1. The van der Waals surface area contributed by atoms with Gasteiger partial charge in [0.25, 0.3) is 0 Å². The van der Waals surface area contributed by atoms with E-state index in [0.717, 1.165) is 44.1 Å². The van der Waals surface area contributed by atoms with Crippen molar-refractivity contribution in [3.8, 4) is 5.75 Å². The number of ether oxygens (including phenoxy) is 1. The first-order chi connectivity index (χ1) is 20.7. The Labute approximate surface area is 247 Å². The van der Waals surface area contributed by atoms with Gasteiger partial charge < -0.3 is 14.8 Å². The molecule has 0 spiro atoms. The van der Waals surface area contributed by atoms with Crippen LogP contribution in [0.1, 0.15) is 71.3 Å². The second-order valence-corrected chi connectivity index (χ2v) is 11.2. The van der Waals surface area contributed by atoms with E-state index in [1.165, 1.54) is 37.7 Å². The molecule has 6 rings (SSSR count). The molecule has 1 heterocycles. The van der Waals surface area contributed by atoms with Gasteiger partial charge in [-0.25, -0.2) is 4.79 Å². The lowest BCUT2D eigenvalue weighted by Gasteiger charge is -2.17. The Morgan fingerprint density at radius 3 is 2.29 bits per heavy atom. The molecule has 0 radical (unpaired) electrons. The standard InChI is InChI=1S/C38H37NO3/c40-38(41)37-34(20-10-26-42-35-21-9-16-30-15-6-7-18-32(30)35)33-19-8-17-31(36(33)39-37)25-24-29-14-5-4-13-28(29)23-22-27-11-2-1-3-12-27/h4-9,13-19,21-25,27,39H,1-3,10-12,20,26H2,(H,40,41)/b23-22+,25-24+. The third kappa shape index (κ3) is 6.18. The average molecular weight is 556 g/mol. The Kier molecular flexibility index (Phi) is 8.51. The maximum absolute atomic E-state index is 12.2. The van der Waals surface area contributed by atoms with Crippen molar-refractivity contribution >= 4 is 45.9 Å². The molecule has 0 bridgehead atoms. The number of para-hydroxylation sites is 1. The number of nitrogens with one attached hydrogen (secondary N) is 1. The predicted octanol–water partition coefficient (Wildman–Crippen LogP) is 9.79. The zero-order valence-corrected chi connectivity index (χ0v) is 23.9. The van der Waals surface area contributed by atoms with E-state index >= 15 is 0 Å². The predicted molar refractivity (Wildman–Crippen MR) is 174 cm³/mol. The van der Waals surface area contributed by atoms with E-state index in [2.05, 4.69) is 71.8 Å². The van der Waals surface area contributed by atoms with Gasteiger partial charge in [-0.2, -0.15) is 0 Å². The first-order valence-electron chi connectivity index (χ1n) is 15.1. The molecule has 1 aromatic heterocycles. The average Bonchev–Trinajstić information content (AvgIpc) is 3.41. The second kappa shape index (κ2) is 12.9. The molecule has 2 N–H and O–H groups in total.